The summed E-state index contributed by atoms with van der Waals surface area (Å²) in [4.78, 5) is 0. The van der Waals surface area contributed by atoms with Crippen LogP contribution >= 0.6 is 0 Å². The molecule has 0 aliphatic rings. The third-order valence-electron chi connectivity index (χ3n) is 2.79. The van der Waals surface area contributed by atoms with Crippen LogP contribution in [0.15, 0.2) is 24.3 Å². The number of ether oxygens (including phenoxy) is 1. The molecule has 2 N–H and O–H groups in total. The smallest absolute Gasteiger partial charge is 0.0652 e. The minimum Gasteiger partial charge on any atom is -0.394 e. The molecule has 1 atom stereocenters. The zero-order valence-electron chi connectivity index (χ0n) is 10.3. The van der Waals surface area contributed by atoms with E-state index in [1.54, 1.807) is 7.11 Å². The molecule has 3 heteroatoms. The molecule has 0 aliphatic carbocycles. The van der Waals surface area contributed by atoms with Crippen molar-refractivity contribution in [1.82, 2.24) is 5.32 Å². The van der Waals surface area contributed by atoms with Gasteiger partial charge in [-0.05, 0) is 19.4 Å². The van der Waals surface area contributed by atoms with E-state index in [-0.39, 0.29) is 6.61 Å². The van der Waals surface area contributed by atoms with Crippen molar-refractivity contribution in [2.75, 3.05) is 26.9 Å². The maximum absolute atomic E-state index is 9.53. The molecule has 16 heavy (non-hydrogen) atoms. The highest BCUT2D eigenvalue weighted by molar-refractivity contribution is 5.28. The molecule has 0 radical (unpaired) electrons. The van der Waals surface area contributed by atoms with E-state index in [0.29, 0.717) is 6.61 Å². The Balaban J connectivity index is 2.78. The van der Waals surface area contributed by atoms with Gasteiger partial charge in [0.25, 0.3) is 0 Å². The molecule has 0 aromatic heterocycles. The quantitative estimate of drug-likeness (QED) is 0.717. The Morgan fingerprint density at radius 3 is 2.75 bits per heavy atom. The number of benzene rings is 1. The summed E-state index contributed by atoms with van der Waals surface area (Å²) < 4.78 is 5.00. The first kappa shape index (κ1) is 13.2. The van der Waals surface area contributed by atoms with E-state index < -0.39 is 5.54 Å². The number of aryl methyl sites for hydroxylation is 1. The van der Waals surface area contributed by atoms with Gasteiger partial charge in [0.05, 0.1) is 18.8 Å². The first-order valence-corrected chi connectivity index (χ1v) is 5.54. The van der Waals surface area contributed by atoms with Gasteiger partial charge in [0.1, 0.15) is 0 Å². The number of hydrogen-bond donors (Lipinski definition) is 2. The van der Waals surface area contributed by atoms with Crippen LogP contribution in [-0.2, 0) is 10.3 Å². The van der Waals surface area contributed by atoms with E-state index >= 15 is 0 Å². The van der Waals surface area contributed by atoms with Crippen molar-refractivity contribution in [2.45, 2.75) is 19.4 Å². The van der Waals surface area contributed by atoms with Crippen LogP contribution in [0.4, 0.5) is 0 Å². The highest BCUT2D eigenvalue weighted by Gasteiger charge is 2.24. The molecule has 1 aromatic carbocycles. The topological polar surface area (TPSA) is 41.5 Å². The van der Waals surface area contributed by atoms with E-state index in [2.05, 4.69) is 24.4 Å². The largest absolute Gasteiger partial charge is 0.394 e. The van der Waals surface area contributed by atoms with Crippen molar-refractivity contribution in [3.05, 3.63) is 35.4 Å². The molecule has 90 valence electrons. The van der Waals surface area contributed by atoms with E-state index in [1.807, 2.05) is 19.1 Å². The fourth-order valence-corrected chi connectivity index (χ4v) is 1.67. The Hall–Kier alpha value is -0.900. The Bertz CT molecular complexity index is 327. The lowest BCUT2D eigenvalue weighted by Gasteiger charge is -2.29. The van der Waals surface area contributed by atoms with E-state index in [1.165, 1.54) is 5.56 Å². The number of aliphatic hydroxyl groups excluding tert-OH is 1. The third-order valence-corrected chi connectivity index (χ3v) is 2.79. The van der Waals surface area contributed by atoms with Crippen LogP contribution in [0.25, 0.3) is 0 Å². The Morgan fingerprint density at radius 1 is 1.44 bits per heavy atom. The molecule has 0 heterocycles. The van der Waals surface area contributed by atoms with Crippen molar-refractivity contribution in [1.29, 1.82) is 0 Å². The summed E-state index contributed by atoms with van der Waals surface area (Å²) >= 11 is 0. The summed E-state index contributed by atoms with van der Waals surface area (Å²) in [6.07, 6.45) is 0. The Labute approximate surface area is 97.4 Å². The predicted octanol–water partition coefficient (Wildman–Crippen LogP) is 1.44. The monoisotopic (exact) mass is 223 g/mol. The van der Waals surface area contributed by atoms with Crippen molar-refractivity contribution in [3.8, 4) is 0 Å². The fourth-order valence-electron chi connectivity index (χ4n) is 1.67. The van der Waals surface area contributed by atoms with Gasteiger partial charge in [-0.15, -0.1) is 0 Å². The van der Waals surface area contributed by atoms with E-state index in [4.69, 9.17) is 4.74 Å². The first-order valence-electron chi connectivity index (χ1n) is 5.54. The summed E-state index contributed by atoms with van der Waals surface area (Å²) in [5.74, 6) is 0. The second kappa shape index (κ2) is 5.99. The maximum Gasteiger partial charge on any atom is 0.0652 e. The Morgan fingerprint density at radius 2 is 2.19 bits per heavy atom. The van der Waals surface area contributed by atoms with E-state index in [9.17, 15) is 5.11 Å². The molecular weight excluding hydrogens is 202 g/mol. The highest BCUT2D eigenvalue weighted by atomic mass is 16.5. The zero-order valence-corrected chi connectivity index (χ0v) is 10.3. The van der Waals surface area contributed by atoms with Crippen LogP contribution in [-0.4, -0.2) is 32.0 Å². The predicted molar refractivity (Wildman–Crippen MR) is 65.5 cm³/mol. The van der Waals surface area contributed by atoms with Gasteiger partial charge in [0.15, 0.2) is 0 Å². The number of aliphatic hydroxyl groups is 1. The van der Waals surface area contributed by atoms with Gasteiger partial charge in [-0.25, -0.2) is 0 Å². The van der Waals surface area contributed by atoms with Crippen molar-refractivity contribution in [2.24, 2.45) is 0 Å². The van der Waals surface area contributed by atoms with Gasteiger partial charge in [0.2, 0.25) is 0 Å². The summed E-state index contributed by atoms with van der Waals surface area (Å²) in [5, 5.41) is 12.8. The van der Waals surface area contributed by atoms with Crippen LogP contribution < -0.4 is 5.32 Å². The zero-order chi connectivity index (χ0) is 12.0. The van der Waals surface area contributed by atoms with Gasteiger partial charge >= 0.3 is 0 Å². The summed E-state index contributed by atoms with van der Waals surface area (Å²) in [7, 11) is 1.67. The molecule has 0 aliphatic heterocycles. The molecule has 0 amide bonds. The molecule has 0 spiro atoms. The normalized spacial score (nSPS) is 14.8. The van der Waals surface area contributed by atoms with E-state index in [0.717, 1.165) is 12.1 Å². The minimum atomic E-state index is -0.398. The SMILES string of the molecule is COCCNC(C)(CO)c1cccc(C)c1. The number of hydrogen-bond acceptors (Lipinski definition) is 3. The fraction of sp³-hybridized carbons (Fsp3) is 0.538. The summed E-state index contributed by atoms with van der Waals surface area (Å²) in [5.41, 5.74) is 1.90. The molecule has 3 nitrogen and oxygen atoms in total. The maximum atomic E-state index is 9.53. The van der Waals surface area contributed by atoms with Gasteiger partial charge in [-0.1, -0.05) is 29.8 Å². The molecule has 1 rings (SSSR count). The Kier molecular flexibility index (Phi) is 4.93. The molecule has 0 fully saturated rings. The molecule has 0 saturated heterocycles. The van der Waals surface area contributed by atoms with Crippen LogP contribution in [0.3, 0.4) is 0 Å². The summed E-state index contributed by atoms with van der Waals surface area (Å²) in [6, 6.07) is 8.19. The second-order valence-corrected chi connectivity index (χ2v) is 4.28. The number of rotatable bonds is 6. The van der Waals surface area contributed by atoms with Crippen LogP contribution in [0.2, 0.25) is 0 Å². The lowest BCUT2D eigenvalue weighted by molar-refractivity contribution is 0.148. The van der Waals surface area contributed by atoms with Gasteiger partial charge in [-0.2, -0.15) is 0 Å². The second-order valence-electron chi connectivity index (χ2n) is 4.28. The first-order chi connectivity index (χ1) is 7.62. The average molecular weight is 223 g/mol. The highest BCUT2D eigenvalue weighted by Crippen LogP contribution is 2.20. The minimum absolute atomic E-state index is 0.0696. The lowest BCUT2D eigenvalue weighted by atomic mass is 9.92. The average Bonchev–Trinajstić information content (AvgIpc) is 2.29. The van der Waals surface area contributed by atoms with Crippen LogP contribution in [0, 0.1) is 6.92 Å². The van der Waals surface area contributed by atoms with Crippen LogP contribution in [0.5, 0.6) is 0 Å². The van der Waals surface area contributed by atoms with Gasteiger partial charge in [-0.3, -0.25) is 0 Å². The van der Waals surface area contributed by atoms with Gasteiger partial charge < -0.3 is 15.2 Å². The molecule has 1 aromatic rings. The molecule has 1 unspecified atom stereocenters. The third kappa shape index (κ3) is 3.30. The van der Waals surface area contributed by atoms with Gasteiger partial charge in [0, 0.05) is 13.7 Å². The summed E-state index contributed by atoms with van der Waals surface area (Å²) in [6.45, 7) is 5.48. The number of nitrogens with one attached hydrogen (secondary N) is 1. The van der Waals surface area contributed by atoms with Crippen molar-refractivity contribution < 1.29 is 9.84 Å². The van der Waals surface area contributed by atoms with Crippen LogP contribution in [0.1, 0.15) is 18.1 Å². The standard InChI is InChI=1S/C13H21NO2/c1-11-5-4-6-12(9-11)13(2,10-15)14-7-8-16-3/h4-6,9,14-15H,7-8,10H2,1-3H3. The molecule has 0 bridgehead atoms. The number of methoxy groups -OCH3 is 1. The van der Waals surface area contributed by atoms with Crippen molar-refractivity contribution in [3.63, 3.8) is 0 Å². The molecular formula is C13H21NO2. The van der Waals surface area contributed by atoms with Crippen molar-refractivity contribution >= 4 is 0 Å². The molecule has 0 saturated carbocycles. The lowest BCUT2D eigenvalue weighted by Crippen LogP contribution is -2.44.